The third-order valence-corrected chi connectivity index (χ3v) is 2.78. The molecule has 6 heteroatoms. The van der Waals surface area contributed by atoms with Gasteiger partial charge in [0.25, 0.3) is 5.69 Å². The van der Waals surface area contributed by atoms with Crippen LogP contribution >= 0.6 is 11.6 Å². The summed E-state index contributed by atoms with van der Waals surface area (Å²) in [5.74, 6) is 0. The predicted molar refractivity (Wildman–Crippen MR) is 61.0 cm³/mol. The quantitative estimate of drug-likeness (QED) is 0.653. The molecule has 0 amide bonds. The lowest BCUT2D eigenvalue weighted by molar-refractivity contribution is -0.384. The number of hydrogen-bond donors (Lipinski definition) is 1. The van der Waals surface area contributed by atoms with Gasteiger partial charge in [0, 0.05) is 12.7 Å². The van der Waals surface area contributed by atoms with Gasteiger partial charge in [-0.2, -0.15) is 0 Å². The summed E-state index contributed by atoms with van der Waals surface area (Å²) in [5, 5.41) is 14.2. The highest BCUT2D eigenvalue weighted by molar-refractivity contribution is 6.33. The van der Waals surface area contributed by atoms with Gasteiger partial charge in [0.15, 0.2) is 0 Å². The molecule has 1 heterocycles. The van der Waals surface area contributed by atoms with Crippen LogP contribution < -0.4 is 5.32 Å². The molecule has 0 saturated carbocycles. The van der Waals surface area contributed by atoms with E-state index in [2.05, 4.69) is 5.32 Å². The van der Waals surface area contributed by atoms with E-state index in [9.17, 15) is 10.1 Å². The van der Waals surface area contributed by atoms with E-state index in [0.29, 0.717) is 23.9 Å². The highest BCUT2D eigenvalue weighted by Crippen LogP contribution is 2.33. The fourth-order valence-electron chi connectivity index (χ4n) is 1.66. The minimum Gasteiger partial charge on any atom is -0.379 e. The van der Waals surface area contributed by atoms with E-state index in [1.807, 2.05) is 0 Å². The molecule has 1 aromatic carbocycles. The largest absolute Gasteiger partial charge is 0.379 e. The zero-order valence-corrected chi connectivity index (χ0v) is 9.24. The van der Waals surface area contributed by atoms with Crippen LogP contribution in [-0.2, 0) is 4.74 Å². The zero-order chi connectivity index (χ0) is 11.5. The van der Waals surface area contributed by atoms with Crippen molar-refractivity contribution in [3.8, 4) is 0 Å². The number of nitrogens with zero attached hydrogens (tertiary/aromatic N) is 1. The van der Waals surface area contributed by atoms with Gasteiger partial charge < -0.3 is 10.1 Å². The van der Waals surface area contributed by atoms with Gasteiger partial charge in [-0.15, -0.1) is 0 Å². The molecule has 1 saturated heterocycles. The average molecular weight is 243 g/mol. The molecule has 2 rings (SSSR count). The van der Waals surface area contributed by atoms with Crippen LogP contribution in [0, 0.1) is 10.1 Å². The van der Waals surface area contributed by atoms with E-state index in [0.717, 1.165) is 6.42 Å². The van der Waals surface area contributed by atoms with Crippen LogP contribution in [0.3, 0.4) is 0 Å². The Labute approximate surface area is 97.5 Å². The Morgan fingerprint density at radius 3 is 3.00 bits per heavy atom. The molecular formula is C10H11ClN2O3. The van der Waals surface area contributed by atoms with E-state index in [1.54, 1.807) is 12.1 Å². The highest BCUT2D eigenvalue weighted by Gasteiger charge is 2.22. The van der Waals surface area contributed by atoms with E-state index < -0.39 is 4.92 Å². The fourth-order valence-corrected chi connectivity index (χ4v) is 1.88. The zero-order valence-electron chi connectivity index (χ0n) is 8.48. The maximum Gasteiger partial charge on any atom is 0.293 e. The summed E-state index contributed by atoms with van der Waals surface area (Å²) in [6.07, 6.45) is 0.836. The van der Waals surface area contributed by atoms with Crippen LogP contribution in [0.25, 0.3) is 0 Å². The minimum absolute atomic E-state index is 0.000556. The van der Waals surface area contributed by atoms with Crippen LogP contribution in [0.2, 0.25) is 5.02 Å². The summed E-state index contributed by atoms with van der Waals surface area (Å²) in [7, 11) is 0. The first-order valence-electron chi connectivity index (χ1n) is 4.95. The second-order valence-corrected chi connectivity index (χ2v) is 4.00. The molecule has 1 fully saturated rings. The third kappa shape index (κ3) is 2.25. The van der Waals surface area contributed by atoms with Crippen molar-refractivity contribution in [3.05, 3.63) is 33.3 Å². The molecule has 1 aromatic rings. The van der Waals surface area contributed by atoms with Crippen LogP contribution in [0.5, 0.6) is 0 Å². The van der Waals surface area contributed by atoms with Crippen molar-refractivity contribution in [1.82, 2.24) is 0 Å². The molecule has 1 aliphatic rings. The van der Waals surface area contributed by atoms with Crippen molar-refractivity contribution in [1.29, 1.82) is 0 Å². The number of nitro benzene ring substituents is 1. The van der Waals surface area contributed by atoms with E-state index in [1.165, 1.54) is 6.07 Å². The Morgan fingerprint density at radius 2 is 2.38 bits per heavy atom. The van der Waals surface area contributed by atoms with Crippen molar-refractivity contribution in [2.45, 2.75) is 12.5 Å². The smallest absolute Gasteiger partial charge is 0.293 e. The highest BCUT2D eigenvalue weighted by atomic mass is 35.5. The number of hydrogen-bond acceptors (Lipinski definition) is 4. The third-order valence-electron chi connectivity index (χ3n) is 2.47. The summed E-state index contributed by atoms with van der Waals surface area (Å²) in [6, 6.07) is 4.73. The number of para-hydroxylation sites is 1. The summed E-state index contributed by atoms with van der Waals surface area (Å²) < 4.78 is 5.19. The number of anilines is 1. The van der Waals surface area contributed by atoms with Crippen LogP contribution in [-0.4, -0.2) is 24.2 Å². The second-order valence-electron chi connectivity index (χ2n) is 3.60. The minimum atomic E-state index is -0.440. The maximum absolute atomic E-state index is 10.8. The predicted octanol–water partition coefficient (Wildman–Crippen LogP) is 2.45. The van der Waals surface area contributed by atoms with Gasteiger partial charge in [0.1, 0.15) is 5.69 Å². The Balaban J connectivity index is 2.26. The van der Waals surface area contributed by atoms with Crippen LogP contribution in [0.4, 0.5) is 11.4 Å². The monoisotopic (exact) mass is 242 g/mol. The Hall–Kier alpha value is -1.33. The second kappa shape index (κ2) is 4.67. The van der Waals surface area contributed by atoms with Gasteiger partial charge in [0.2, 0.25) is 0 Å². The summed E-state index contributed by atoms with van der Waals surface area (Å²) >= 11 is 5.94. The fraction of sp³-hybridized carbons (Fsp3) is 0.400. The van der Waals surface area contributed by atoms with Gasteiger partial charge in [-0.05, 0) is 12.5 Å². The molecule has 1 aliphatic heterocycles. The Kier molecular flexibility index (Phi) is 3.26. The van der Waals surface area contributed by atoms with Crippen LogP contribution in [0.1, 0.15) is 6.42 Å². The molecule has 16 heavy (non-hydrogen) atoms. The average Bonchev–Trinajstić information content (AvgIpc) is 2.73. The molecule has 86 valence electrons. The summed E-state index contributed by atoms with van der Waals surface area (Å²) in [4.78, 5) is 10.4. The van der Waals surface area contributed by atoms with Crippen molar-refractivity contribution in [2.24, 2.45) is 0 Å². The van der Waals surface area contributed by atoms with Crippen molar-refractivity contribution in [3.63, 3.8) is 0 Å². The van der Waals surface area contributed by atoms with E-state index in [-0.39, 0.29) is 11.7 Å². The molecule has 1 unspecified atom stereocenters. The van der Waals surface area contributed by atoms with Crippen molar-refractivity contribution in [2.75, 3.05) is 18.5 Å². The molecule has 0 radical (unpaired) electrons. The SMILES string of the molecule is O=[N+]([O-])c1cccc(Cl)c1NC1CCOC1. The summed E-state index contributed by atoms with van der Waals surface area (Å²) in [6.45, 7) is 1.23. The van der Waals surface area contributed by atoms with Crippen molar-refractivity contribution < 1.29 is 9.66 Å². The molecule has 0 bridgehead atoms. The molecular weight excluding hydrogens is 232 g/mol. The number of nitro groups is 1. The number of rotatable bonds is 3. The first kappa shape index (κ1) is 11.2. The van der Waals surface area contributed by atoms with Gasteiger partial charge in [0.05, 0.1) is 22.6 Å². The lowest BCUT2D eigenvalue weighted by atomic mass is 10.2. The lowest BCUT2D eigenvalue weighted by Crippen LogP contribution is -2.19. The standard InChI is InChI=1S/C10H11ClN2O3/c11-8-2-1-3-9(13(14)15)10(8)12-7-4-5-16-6-7/h1-3,7,12H,4-6H2. The van der Waals surface area contributed by atoms with Gasteiger partial charge in [-0.3, -0.25) is 10.1 Å². The molecule has 0 aromatic heterocycles. The number of nitrogens with one attached hydrogen (secondary N) is 1. The van der Waals surface area contributed by atoms with Crippen molar-refractivity contribution >= 4 is 23.0 Å². The lowest BCUT2D eigenvalue weighted by Gasteiger charge is -2.13. The molecule has 5 nitrogen and oxygen atoms in total. The first-order valence-corrected chi connectivity index (χ1v) is 5.33. The normalized spacial score (nSPS) is 19.7. The number of halogens is 1. The van der Waals surface area contributed by atoms with E-state index >= 15 is 0 Å². The Morgan fingerprint density at radius 1 is 1.56 bits per heavy atom. The molecule has 1 atom stereocenters. The Bertz CT molecular complexity index is 405. The van der Waals surface area contributed by atoms with Crippen LogP contribution in [0.15, 0.2) is 18.2 Å². The number of benzene rings is 1. The molecule has 0 aliphatic carbocycles. The van der Waals surface area contributed by atoms with Gasteiger partial charge in [-0.1, -0.05) is 17.7 Å². The van der Waals surface area contributed by atoms with E-state index in [4.69, 9.17) is 16.3 Å². The first-order chi connectivity index (χ1) is 7.68. The maximum atomic E-state index is 10.8. The van der Waals surface area contributed by atoms with Gasteiger partial charge >= 0.3 is 0 Å². The topological polar surface area (TPSA) is 64.4 Å². The molecule has 1 N–H and O–H groups in total. The number of ether oxygens (including phenoxy) is 1. The van der Waals surface area contributed by atoms with Gasteiger partial charge in [-0.25, -0.2) is 0 Å². The molecule has 0 spiro atoms. The summed E-state index contributed by atoms with van der Waals surface area (Å²) in [5.41, 5.74) is 0.379.